The molecule has 0 atom stereocenters. The minimum atomic E-state index is -0.705. The highest BCUT2D eigenvalue weighted by Crippen LogP contribution is 2.32. The van der Waals surface area contributed by atoms with Gasteiger partial charge in [-0.3, -0.25) is 14.6 Å². The van der Waals surface area contributed by atoms with E-state index < -0.39 is 17.2 Å². The minimum absolute atomic E-state index is 0.0254. The Morgan fingerprint density at radius 2 is 2.00 bits per heavy atom. The number of aromatic hydroxyl groups is 1. The first-order chi connectivity index (χ1) is 11.4. The van der Waals surface area contributed by atoms with Gasteiger partial charge in [0, 0.05) is 12.8 Å². The molecular formula is C13H11Br2N5O4. The van der Waals surface area contributed by atoms with E-state index in [9.17, 15) is 19.5 Å². The first-order valence-corrected chi connectivity index (χ1v) is 8.13. The summed E-state index contributed by atoms with van der Waals surface area (Å²) in [6.45, 7) is 0. The Balaban J connectivity index is 1.91. The lowest BCUT2D eigenvalue weighted by Crippen LogP contribution is -2.28. The van der Waals surface area contributed by atoms with Gasteiger partial charge in [0.1, 0.15) is 11.4 Å². The molecule has 0 spiro atoms. The van der Waals surface area contributed by atoms with Crippen LogP contribution in [0.5, 0.6) is 5.75 Å². The van der Waals surface area contributed by atoms with E-state index in [1.165, 1.54) is 6.21 Å². The number of rotatable bonds is 5. The monoisotopic (exact) mass is 459 g/mol. The van der Waals surface area contributed by atoms with Crippen LogP contribution in [0.1, 0.15) is 17.7 Å². The van der Waals surface area contributed by atoms with E-state index in [4.69, 9.17) is 0 Å². The van der Waals surface area contributed by atoms with Gasteiger partial charge in [-0.25, -0.2) is 15.3 Å². The second-order valence-electron chi connectivity index (χ2n) is 4.58. The zero-order valence-corrected chi connectivity index (χ0v) is 15.1. The summed E-state index contributed by atoms with van der Waals surface area (Å²) in [6, 6.07) is 3.25. The summed E-state index contributed by atoms with van der Waals surface area (Å²) in [5, 5.41) is 19.1. The minimum Gasteiger partial charge on any atom is -0.506 e. The fraction of sp³-hybridized carbons (Fsp3) is 0.154. The molecule has 11 heteroatoms. The predicted molar refractivity (Wildman–Crippen MR) is 93.0 cm³/mol. The molecule has 0 unspecified atom stereocenters. The number of phenols is 1. The highest BCUT2D eigenvalue weighted by Gasteiger charge is 2.07. The highest BCUT2D eigenvalue weighted by molar-refractivity contribution is 9.11. The number of hydrogen-bond acceptors (Lipinski definition) is 6. The van der Waals surface area contributed by atoms with E-state index in [2.05, 4.69) is 52.6 Å². The first-order valence-electron chi connectivity index (χ1n) is 6.54. The van der Waals surface area contributed by atoms with Crippen molar-refractivity contribution in [2.45, 2.75) is 12.8 Å². The number of benzene rings is 1. The Labute approximate surface area is 151 Å². The number of carbonyl (C=O) groups is 1. The van der Waals surface area contributed by atoms with Crippen molar-refractivity contribution in [2.24, 2.45) is 5.10 Å². The smallest absolute Gasteiger partial charge is 0.342 e. The van der Waals surface area contributed by atoms with Gasteiger partial charge in [0.25, 0.3) is 5.56 Å². The van der Waals surface area contributed by atoms with E-state index in [0.29, 0.717) is 14.5 Å². The van der Waals surface area contributed by atoms with Crippen LogP contribution < -0.4 is 16.7 Å². The maximum atomic E-state index is 11.7. The molecule has 0 saturated heterocycles. The standard InChI is InChI=1S/C13H11Br2N5O4/c14-7-3-6(4-8(15)11(7)22)5-16-19-10(21)2-1-9-12(23)17-13(24)20-18-9/h3-5,22H,1-2H2,(H,19,21)(H2,17,20,23,24). The molecule has 1 aromatic carbocycles. The van der Waals surface area contributed by atoms with Crippen LogP contribution in [0, 0.1) is 0 Å². The predicted octanol–water partition coefficient (Wildman–Crippen LogP) is 0.772. The van der Waals surface area contributed by atoms with E-state index >= 15 is 0 Å². The molecule has 1 heterocycles. The van der Waals surface area contributed by atoms with E-state index in [1.54, 1.807) is 12.1 Å². The van der Waals surface area contributed by atoms with Gasteiger partial charge in [0.2, 0.25) is 5.91 Å². The van der Waals surface area contributed by atoms with Crippen LogP contribution >= 0.6 is 31.9 Å². The molecular weight excluding hydrogens is 450 g/mol. The molecule has 2 rings (SSSR count). The topological polar surface area (TPSA) is 140 Å². The van der Waals surface area contributed by atoms with E-state index in [-0.39, 0.29) is 24.3 Å². The molecule has 0 fully saturated rings. The van der Waals surface area contributed by atoms with Gasteiger partial charge in [-0.2, -0.15) is 10.2 Å². The lowest BCUT2D eigenvalue weighted by molar-refractivity contribution is -0.121. The van der Waals surface area contributed by atoms with Crippen molar-refractivity contribution >= 4 is 44.0 Å². The summed E-state index contributed by atoms with van der Waals surface area (Å²) in [5.41, 5.74) is 1.68. The number of carbonyl (C=O) groups excluding carboxylic acids is 1. The lowest BCUT2D eigenvalue weighted by atomic mass is 10.2. The molecule has 0 aliphatic carbocycles. The molecule has 0 aliphatic heterocycles. The van der Waals surface area contributed by atoms with Crippen molar-refractivity contribution in [3.63, 3.8) is 0 Å². The molecule has 24 heavy (non-hydrogen) atoms. The average Bonchev–Trinajstić information content (AvgIpc) is 2.51. The number of aryl methyl sites for hydroxylation is 1. The van der Waals surface area contributed by atoms with Gasteiger partial charge in [-0.05, 0) is 49.6 Å². The summed E-state index contributed by atoms with van der Waals surface area (Å²) >= 11 is 6.37. The lowest BCUT2D eigenvalue weighted by Gasteiger charge is -2.02. The number of aromatic amines is 2. The Morgan fingerprint density at radius 1 is 1.33 bits per heavy atom. The van der Waals surface area contributed by atoms with Crippen molar-refractivity contribution in [1.29, 1.82) is 0 Å². The second-order valence-corrected chi connectivity index (χ2v) is 6.29. The van der Waals surface area contributed by atoms with Gasteiger partial charge < -0.3 is 5.11 Å². The Hall–Kier alpha value is -2.27. The fourth-order valence-corrected chi connectivity index (χ4v) is 2.89. The van der Waals surface area contributed by atoms with Crippen molar-refractivity contribution in [3.05, 3.63) is 53.2 Å². The number of hydrazone groups is 1. The number of nitrogens with one attached hydrogen (secondary N) is 3. The van der Waals surface area contributed by atoms with E-state index in [1.807, 2.05) is 4.98 Å². The maximum Gasteiger partial charge on any atom is 0.342 e. The van der Waals surface area contributed by atoms with Crippen LogP contribution in [0.3, 0.4) is 0 Å². The summed E-state index contributed by atoms with van der Waals surface area (Å²) < 4.78 is 0.959. The average molecular weight is 461 g/mol. The molecule has 0 bridgehead atoms. The molecule has 126 valence electrons. The molecule has 0 saturated carbocycles. The van der Waals surface area contributed by atoms with Gasteiger partial charge in [0.15, 0.2) is 0 Å². The van der Waals surface area contributed by atoms with Crippen molar-refractivity contribution < 1.29 is 9.90 Å². The van der Waals surface area contributed by atoms with Crippen molar-refractivity contribution in [2.75, 3.05) is 0 Å². The first kappa shape index (κ1) is 18.1. The Bertz CT molecular complexity index is 883. The molecule has 0 aliphatic rings. The third-order valence-electron chi connectivity index (χ3n) is 2.81. The number of halogens is 2. The molecule has 1 amide bonds. The molecule has 4 N–H and O–H groups in total. The number of nitrogens with zero attached hydrogens (tertiary/aromatic N) is 2. The van der Waals surface area contributed by atoms with Gasteiger partial charge in [-0.1, -0.05) is 0 Å². The molecule has 1 aromatic heterocycles. The molecule has 0 radical (unpaired) electrons. The quantitative estimate of drug-likeness (QED) is 0.385. The van der Waals surface area contributed by atoms with Gasteiger partial charge in [0.05, 0.1) is 15.2 Å². The zero-order chi connectivity index (χ0) is 17.7. The Kier molecular flexibility index (Phi) is 6.04. The van der Waals surface area contributed by atoms with Crippen molar-refractivity contribution in [1.82, 2.24) is 20.6 Å². The highest BCUT2D eigenvalue weighted by atomic mass is 79.9. The third-order valence-corrected chi connectivity index (χ3v) is 4.02. The normalized spacial score (nSPS) is 10.9. The van der Waals surface area contributed by atoms with E-state index in [0.717, 1.165) is 0 Å². The number of hydrogen-bond donors (Lipinski definition) is 4. The third kappa shape index (κ3) is 4.86. The van der Waals surface area contributed by atoms with Crippen LogP contribution in [0.4, 0.5) is 0 Å². The fourth-order valence-electron chi connectivity index (χ4n) is 1.67. The van der Waals surface area contributed by atoms with Gasteiger partial charge >= 0.3 is 5.69 Å². The maximum absolute atomic E-state index is 11.7. The summed E-state index contributed by atoms with van der Waals surface area (Å²) in [7, 11) is 0. The number of amides is 1. The zero-order valence-electron chi connectivity index (χ0n) is 12.0. The summed E-state index contributed by atoms with van der Waals surface area (Å²) in [5.74, 6) is -0.356. The summed E-state index contributed by atoms with van der Waals surface area (Å²) in [4.78, 5) is 35.9. The van der Waals surface area contributed by atoms with Gasteiger partial charge in [-0.15, -0.1) is 0 Å². The number of phenolic OH excluding ortho intramolecular Hbond substituents is 1. The van der Waals surface area contributed by atoms with Crippen LogP contribution in [0.25, 0.3) is 0 Å². The number of H-pyrrole nitrogens is 2. The largest absolute Gasteiger partial charge is 0.506 e. The molecule has 9 nitrogen and oxygen atoms in total. The second kappa shape index (κ2) is 8.02. The molecule has 2 aromatic rings. The SMILES string of the molecule is O=C(CCc1n[nH]c(=O)[nH]c1=O)NN=Cc1cc(Br)c(O)c(Br)c1. The number of aromatic nitrogens is 3. The van der Waals surface area contributed by atoms with Crippen LogP contribution in [-0.2, 0) is 11.2 Å². The summed E-state index contributed by atoms with van der Waals surface area (Å²) in [6.07, 6.45) is 1.43. The van der Waals surface area contributed by atoms with Crippen LogP contribution in [0.2, 0.25) is 0 Å². The van der Waals surface area contributed by atoms with Crippen molar-refractivity contribution in [3.8, 4) is 5.75 Å². The van der Waals surface area contributed by atoms with Crippen LogP contribution in [-0.4, -0.2) is 32.4 Å². The van der Waals surface area contributed by atoms with Crippen LogP contribution in [0.15, 0.2) is 35.8 Å². The Morgan fingerprint density at radius 3 is 2.62 bits per heavy atom.